The van der Waals surface area contributed by atoms with Crippen LogP contribution in [0.4, 0.5) is 16.0 Å². The Balaban J connectivity index is 0.00000196. The van der Waals surface area contributed by atoms with Crippen molar-refractivity contribution in [1.29, 1.82) is 0 Å². The summed E-state index contributed by atoms with van der Waals surface area (Å²) in [6.07, 6.45) is 0. The minimum Gasteiger partial charge on any atom is -0.314 e. The van der Waals surface area contributed by atoms with Gasteiger partial charge in [-0.3, -0.25) is 4.57 Å². The van der Waals surface area contributed by atoms with Gasteiger partial charge in [0.1, 0.15) is 5.82 Å². The maximum absolute atomic E-state index is 13.2. The van der Waals surface area contributed by atoms with Crippen molar-refractivity contribution in [2.24, 2.45) is 7.05 Å². The van der Waals surface area contributed by atoms with Gasteiger partial charge in [0, 0.05) is 25.3 Å². The molecule has 26 heavy (non-hydrogen) atoms. The van der Waals surface area contributed by atoms with Gasteiger partial charge in [-0.05, 0) is 35.0 Å². The van der Waals surface area contributed by atoms with Crippen LogP contribution in [0.1, 0.15) is 0 Å². The topological polar surface area (TPSA) is 34.0 Å². The van der Waals surface area contributed by atoms with Gasteiger partial charge in [-0.2, -0.15) is 0 Å². The van der Waals surface area contributed by atoms with Crippen LogP contribution in [0, 0.1) is 5.82 Å². The fourth-order valence-corrected chi connectivity index (χ4v) is 3.05. The molecule has 1 heterocycles. The first-order valence-electron chi connectivity index (χ1n) is 8.02. The van der Waals surface area contributed by atoms with E-state index >= 15 is 0 Å². The van der Waals surface area contributed by atoms with E-state index in [1.54, 1.807) is 12.1 Å². The number of fused-ring (bicyclic) bond motifs is 1. The molecule has 0 aliphatic carbocycles. The molecular formula is C20H18ClFN4. The predicted octanol–water partition coefficient (Wildman–Crippen LogP) is 4.96. The maximum atomic E-state index is 13.2. The number of aromatic nitrogens is 3. The Morgan fingerprint density at radius 2 is 1.58 bits per heavy atom. The molecule has 4 aromatic rings. The highest BCUT2D eigenvalue weighted by Gasteiger charge is 2.16. The fraction of sp³-hybridized carbons (Fsp3) is 0.100. The highest BCUT2D eigenvalue weighted by molar-refractivity contribution is 5.95. The molecule has 0 N–H and O–H groups in total. The van der Waals surface area contributed by atoms with Crippen LogP contribution in [0.5, 0.6) is 0 Å². The molecule has 0 spiro atoms. The minimum absolute atomic E-state index is 0. The SMILES string of the molecule is CN(c1ccc(F)cc1)c1nnc(-c2cccc3ccccc23)n1C.Cl. The summed E-state index contributed by atoms with van der Waals surface area (Å²) < 4.78 is 15.1. The van der Waals surface area contributed by atoms with Crippen LogP contribution in [-0.4, -0.2) is 21.8 Å². The molecule has 0 atom stereocenters. The van der Waals surface area contributed by atoms with Crippen LogP contribution >= 0.6 is 12.4 Å². The van der Waals surface area contributed by atoms with Gasteiger partial charge < -0.3 is 4.90 Å². The Morgan fingerprint density at radius 1 is 0.885 bits per heavy atom. The first-order valence-corrected chi connectivity index (χ1v) is 8.02. The van der Waals surface area contributed by atoms with E-state index in [-0.39, 0.29) is 18.2 Å². The number of benzene rings is 3. The third kappa shape index (κ3) is 3.02. The molecule has 0 bridgehead atoms. The summed E-state index contributed by atoms with van der Waals surface area (Å²) in [5.74, 6) is 1.22. The van der Waals surface area contributed by atoms with E-state index in [4.69, 9.17) is 0 Å². The molecule has 0 radical (unpaired) electrons. The number of halogens is 2. The van der Waals surface area contributed by atoms with Gasteiger partial charge >= 0.3 is 0 Å². The van der Waals surface area contributed by atoms with Gasteiger partial charge in [-0.1, -0.05) is 42.5 Å². The second-order valence-corrected chi connectivity index (χ2v) is 5.94. The van der Waals surface area contributed by atoms with Gasteiger partial charge in [-0.25, -0.2) is 4.39 Å². The molecule has 4 nitrogen and oxygen atoms in total. The fourth-order valence-electron chi connectivity index (χ4n) is 3.05. The molecule has 4 rings (SSSR count). The summed E-state index contributed by atoms with van der Waals surface area (Å²) in [6, 6.07) is 20.7. The first-order chi connectivity index (χ1) is 12.1. The normalized spacial score (nSPS) is 10.6. The average molecular weight is 369 g/mol. The second kappa shape index (κ2) is 7.14. The Labute approximate surface area is 157 Å². The zero-order valence-corrected chi connectivity index (χ0v) is 15.2. The largest absolute Gasteiger partial charge is 0.314 e. The zero-order chi connectivity index (χ0) is 17.4. The van der Waals surface area contributed by atoms with Gasteiger partial charge in [0.15, 0.2) is 5.82 Å². The summed E-state index contributed by atoms with van der Waals surface area (Å²) in [5.41, 5.74) is 1.88. The molecule has 3 aromatic carbocycles. The average Bonchev–Trinajstić information content (AvgIpc) is 3.02. The van der Waals surface area contributed by atoms with Crippen LogP contribution in [0.15, 0.2) is 66.7 Å². The van der Waals surface area contributed by atoms with Crippen LogP contribution < -0.4 is 4.90 Å². The summed E-state index contributed by atoms with van der Waals surface area (Å²) in [6.45, 7) is 0. The molecule has 0 aliphatic heterocycles. The van der Waals surface area contributed by atoms with E-state index in [1.807, 2.05) is 47.8 Å². The summed E-state index contributed by atoms with van der Waals surface area (Å²) in [5, 5.41) is 11.0. The lowest BCUT2D eigenvalue weighted by molar-refractivity contribution is 0.628. The Morgan fingerprint density at radius 3 is 2.35 bits per heavy atom. The van der Waals surface area contributed by atoms with E-state index in [0.29, 0.717) is 5.95 Å². The standard InChI is InChI=1S/C20H17FN4.ClH/c1-24(16-12-10-15(21)11-13-16)20-23-22-19(25(20)2)18-9-5-7-14-6-3-4-8-17(14)18;/h3-13H,1-2H3;1H. The number of rotatable bonds is 3. The Bertz CT molecular complexity index is 1040. The van der Waals surface area contributed by atoms with Gasteiger partial charge in [0.05, 0.1) is 0 Å². The van der Waals surface area contributed by atoms with Crippen LogP contribution in [0.3, 0.4) is 0 Å². The molecule has 0 unspecified atom stereocenters. The van der Waals surface area contributed by atoms with Crippen LogP contribution in [-0.2, 0) is 7.05 Å². The van der Waals surface area contributed by atoms with Crippen molar-refractivity contribution in [3.8, 4) is 11.4 Å². The van der Waals surface area contributed by atoms with Crippen LogP contribution in [0.25, 0.3) is 22.2 Å². The number of hydrogen-bond acceptors (Lipinski definition) is 3. The molecule has 6 heteroatoms. The third-order valence-corrected chi connectivity index (χ3v) is 4.40. The van der Waals surface area contributed by atoms with Crippen molar-refractivity contribution in [2.75, 3.05) is 11.9 Å². The van der Waals surface area contributed by atoms with E-state index in [1.165, 1.54) is 12.1 Å². The highest BCUT2D eigenvalue weighted by Crippen LogP contribution is 2.30. The van der Waals surface area contributed by atoms with E-state index in [9.17, 15) is 4.39 Å². The van der Waals surface area contributed by atoms with Crippen molar-refractivity contribution in [2.45, 2.75) is 0 Å². The third-order valence-electron chi connectivity index (χ3n) is 4.40. The van der Waals surface area contributed by atoms with Crippen molar-refractivity contribution in [3.63, 3.8) is 0 Å². The first kappa shape index (κ1) is 17.9. The molecule has 0 aliphatic rings. The quantitative estimate of drug-likeness (QED) is 0.512. The molecule has 0 saturated heterocycles. The molecule has 0 saturated carbocycles. The summed E-state index contributed by atoms with van der Waals surface area (Å²) >= 11 is 0. The lowest BCUT2D eigenvalue weighted by atomic mass is 10.0. The van der Waals surface area contributed by atoms with Crippen molar-refractivity contribution in [1.82, 2.24) is 14.8 Å². The van der Waals surface area contributed by atoms with Gasteiger partial charge in [0.25, 0.3) is 0 Å². The Hall–Kier alpha value is -2.92. The lowest BCUT2D eigenvalue weighted by Gasteiger charge is -2.18. The highest BCUT2D eigenvalue weighted by atomic mass is 35.5. The van der Waals surface area contributed by atoms with Gasteiger partial charge in [-0.15, -0.1) is 22.6 Å². The Kier molecular flexibility index (Phi) is 4.91. The predicted molar refractivity (Wildman–Crippen MR) is 106 cm³/mol. The lowest BCUT2D eigenvalue weighted by Crippen LogP contribution is -2.14. The molecule has 0 fully saturated rings. The smallest absolute Gasteiger partial charge is 0.231 e. The zero-order valence-electron chi connectivity index (χ0n) is 14.4. The monoisotopic (exact) mass is 368 g/mol. The molecule has 0 amide bonds. The molecular weight excluding hydrogens is 351 g/mol. The van der Waals surface area contributed by atoms with Gasteiger partial charge in [0.2, 0.25) is 5.95 Å². The van der Waals surface area contributed by atoms with E-state index < -0.39 is 0 Å². The van der Waals surface area contributed by atoms with Crippen molar-refractivity contribution in [3.05, 3.63) is 72.5 Å². The van der Waals surface area contributed by atoms with E-state index in [2.05, 4.69) is 28.4 Å². The van der Waals surface area contributed by atoms with Crippen molar-refractivity contribution >= 4 is 34.8 Å². The molecule has 1 aromatic heterocycles. The minimum atomic E-state index is -0.258. The summed E-state index contributed by atoms with van der Waals surface area (Å²) in [7, 11) is 3.83. The number of anilines is 2. The number of hydrogen-bond donors (Lipinski definition) is 0. The maximum Gasteiger partial charge on any atom is 0.231 e. The van der Waals surface area contributed by atoms with Crippen LogP contribution in [0.2, 0.25) is 0 Å². The second-order valence-electron chi connectivity index (χ2n) is 5.94. The number of nitrogens with zero attached hydrogens (tertiary/aromatic N) is 4. The van der Waals surface area contributed by atoms with Crippen molar-refractivity contribution < 1.29 is 4.39 Å². The summed E-state index contributed by atoms with van der Waals surface area (Å²) in [4.78, 5) is 1.89. The van der Waals surface area contributed by atoms with E-state index in [0.717, 1.165) is 27.8 Å². The molecule has 132 valence electrons.